The summed E-state index contributed by atoms with van der Waals surface area (Å²) < 4.78 is 5.69. The Morgan fingerprint density at radius 2 is 1.94 bits per heavy atom. The third-order valence-corrected chi connectivity index (χ3v) is 2.57. The molecule has 0 saturated carbocycles. The highest BCUT2D eigenvalue weighted by Crippen LogP contribution is 2.25. The van der Waals surface area contributed by atoms with Crippen molar-refractivity contribution in [2.75, 3.05) is 13.2 Å². The van der Waals surface area contributed by atoms with Gasteiger partial charge in [-0.05, 0) is 42.5 Å². The van der Waals surface area contributed by atoms with Gasteiger partial charge in [-0.15, -0.1) is 0 Å². The molecular weight excluding hydrogens is 198 g/mol. The number of rotatable bonds is 5. The van der Waals surface area contributed by atoms with E-state index in [1.165, 1.54) is 5.56 Å². The Morgan fingerprint density at radius 3 is 2.56 bits per heavy atom. The van der Waals surface area contributed by atoms with E-state index >= 15 is 0 Å². The molecule has 1 aromatic rings. The van der Waals surface area contributed by atoms with Crippen LogP contribution in [0.2, 0.25) is 0 Å². The van der Waals surface area contributed by atoms with Crippen LogP contribution >= 0.6 is 0 Å². The van der Waals surface area contributed by atoms with Crippen molar-refractivity contribution in [3.63, 3.8) is 0 Å². The fourth-order valence-corrected chi connectivity index (χ4v) is 1.49. The van der Waals surface area contributed by atoms with Crippen LogP contribution in [0.15, 0.2) is 24.3 Å². The van der Waals surface area contributed by atoms with E-state index in [0.29, 0.717) is 0 Å². The Bertz CT molecular complexity index is 315. The molecule has 2 heteroatoms. The van der Waals surface area contributed by atoms with Crippen LogP contribution in [0.1, 0.15) is 39.2 Å². The van der Waals surface area contributed by atoms with Crippen LogP contribution in [0, 0.1) is 0 Å². The van der Waals surface area contributed by atoms with Crippen LogP contribution in [0.5, 0.6) is 5.75 Å². The van der Waals surface area contributed by atoms with Crippen molar-refractivity contribution in [2.45, 2.75) is 39.0 Å². The minimum atomic E-state index is 0.177. The molecule has 0 fully saturated rings. The summed E-state index contributed by atoms with van der Waals surface area (Å²) in [7, 11) is 0. The molecule has 2 N–H and O–H groups in total. The summed E-state index contributed by atoms with van der Waals surface area (Å²) in [5, 5.41) is 0. The lowest BCUT2D eigenvalue weighted by atomic mass is 9.87. The van der Waals surface area contributed by atoms with E-state index < -0.39 is 0 Å². The highest BCUT2D eigenvalue weighted by Gasteiger charge is 2.13. The zero-order chi connectivity index (χ0) is 12.0. The lowest BCUT2D eigenvalue weighted by Crippen LogP contribution is -2.11. The molecule has 90 valence electrons. The first-order valence-corrected chi connectivity index (χ1v) is 5.97. The second kappa shape index (κ2) is 5.90. The number of unbranched alkanes of at least 4 members (excludes halogenated alkanes) is 1. The predicted octanol–water partition coefficient (Wildman–Crippen LogP) is 3.10. The molecule has 0 bridgehead atoms. The van der Waals surface area contributed by atoms with Gasteiger partial charge in [0, 0.05) is 0 Å². The van der Waals surface area contributed by atoms with Gasteiger partial charge in [0.05, 0.1) is 6.61 Å². The van der Waals surface area contributed by atoms with Crippen molar-refractivity contribution in [3.8, 4) is 5.75 Å². The number of hydrogen-bond acceptors (Lipinski definition) is 2. The van der Waals surface area contributed by atoms with Crippen molar-refractivity contribution in [3.05, 3.63) is 29.8 Å². The second-order valence-corrected chi connectivity index (χ2v) is 5.12. The van der Waals surface area contributed by atoms with Gasteiger partial charge >= 0.3 is 0 Å². The maximum atomic E-state index is 5.69. The normalized spacial score (nSPS) is 11.5. The van der Waals surface area contributed by atoms with E-state index in [9.17, 15) is 0 Å². The topological polar surface area (TPSA) is 35.2 Å². The summed E-state index contributed by atoms with van der Waals surface area (Å²) in [4.78, 5) is 0. The first-order valence-electron chi connectivity index (χ1n) is 5.97. The van der Waals surface area contributed by atoms with Gasteiger partial charge in [0.25, 0.3) is 0 Å². The molecule has 0 spiro atoms. The lowest BCUT2D eigenvalue weighted by molar-refractivity contribution is 0.307. The highest BCUT2D eigenvalue weighted by molar-refractivity contribution is 5.32. The van der Waals surface area contributed by atoms with Crippen molar-refractivity contribution in [1.29, 1.82) is 0 Å². The molecule has 0 radical (unpaired) electrons. The quantitative estimate of drug-likeness (QED) is 0.775. The van der Waals surface area contributed by atoms with E-state index in [1.807, 2.05) is 6.07 Å². The smallest absolute Gasteiger partial charge is 0.119 e. The molecule has 0 atom stereocenters. The average molecular weight is 221 g/mol. The fourth-order valence-electron chi connectivity index (χ4n) is 1.49. The number of hydrogen-bond donors (Lipinski definition) is 1. The second-order valence-electron chi connectivity index (χ2n) is 5.12. The van der Waals surface area contributed by atoms with E-state index in [4.69, 9.17) is 10.5 Å². The molecule has 0 aliphatic rings. The van der Waals surface area contributed by atoms with Crippen LogP contribution in [-0.4, -0.2) is 13.2 Å². The zero-order valence-electron chi connectivity index (χ0n) is 10.6. The Balaban J connectivity index is 2.54. The van der Waals surface area contributed by atoms with E-state index in [-0.39, 0.29) is 5.41 Å². The largest absolute Gasteiger partial charge is 0.494 e. The standard InChI is InChI=1S/C14H23NO/c1-14(2,3)12-7-6-8-13(11-12)16-10-5-4-9-15/h6-8,11H,4-5,9-10,15H2,1-3H3. The molecule has 0 aliphatic carbocycles. The Kier molecular flexibility index (Phi) is 4.81. The molecule has 1 rings (SSSR count). The minimum absolute atomic E-state index is 0.177. The summed E-state index contributed by atoms with van der Waals surface area (Å²) in [6.45, 7) is 8.12. The Hall–Kier alpha value is -1.02. The van der Waals surface area contributed by atoms with Gasteiger partial charge in [-0.25, -0.2) is 0 Å². The average Bonchev–Trinajstić information content (AvgIpc) is 2.24. The maximum absolute atomic E-state index is 5.69. The van der Waals surface area contributed by atoms with Gasteiger partial charge in [-0.3, -0.25) is 0 Å². The maximum Gasteiger partial charge on any atom is 0.119 e. The van der Waals surface area contributed by atoms with Crippen LogP contribution < -0.4 is 10.5 Å². The van der Waals surface area contributed by atoms with Crippen molar-refractivity contribution in [2.24, 2.45) is 5.73 Å². The van der Waals surface area contributed by atoms with Crippen LogP contribution in [0.4, 0.5) is 0 Å². The van der Waals surface area contributed by atoms with E-state index in [1.54, 1.807) is 0 Å². The molecule has 0 amide bonds. The van der Waals surface area contributed by atoms with Gasteiger partial charge in [-0.2, -0.15) is 0 Å². The summed E-state index contributed by atoms with van der Waals surface area (Å²) in [6.07, 6.45) is 2.05. The van der Waals surface area contributed by atoms with Gasteiger partial charge in [-0.1, -0.05) is 32.9 Å². The van der Waals surface area contributed by atoms with Crippen LogP contribution in [-0.2, 0) is 5.41 Å². The van der Waals surface area contributed by atoms with Gasteiger partial charge in [0.15, 0.2) is 0 Å². The SMILES string of the molecule is CC(C)(C)c1cccc(OCCCCN)c1. The summed E-state index contributed by atoms with van der Waals surface area (Å²) in [6, 6.07) is 8.34. The molecule has 0 saturated heterocycles. The third kappa shape index (κ3) is 4.23. The summed E-state index contributed by atoms with van der Waals surface area (Å²) >= 11 is 0. The molecule has 0 aromatic heterocycles. The predicted molar refractivity (Wildman–Crippen MR) is 68.9 cm³/mol. The highest BCUT2D eigenvalue weighted by atomic mass is 16.5. The summed E-state index contributed by atoms with van der Waals surface area (Å²) in [5.74, 6) is 0.962. The molecule has 0 aliphatic heterocycles. The zero-order valence-corrected chi connectivity index (χ0v) is 10.6. The number of nitrogens with two attached hydrogens (primary N) is 1. The van der Waals surface area contributed by atoms with Gasteiger partial charge in [0.1, 0.15) is 5.75 Å². The van der Waals surface area contributed by atoms with Gasteiger partial charge < -0.3 is 10.5 Å². The van der Waals surface area contributed by atoms with Crippen LogP contribution in [0.25, 0.3) is 0 Å². The number of benzene rings is 1. The van der Waals surface area contributed by atoms with Crippen LogP contribution in [0.3, 0.4) is 0 Å². The molecule has 1 aromatic carbocycles. The lowest BCUT2D eigenvalue weighted by Gasteiger charge is -2.19. The van der Waals surface area contributed by atoms with Crippen molar-refractivity contribution >= 4 is 0 Å². The first-order chi connectivity index (χ1) is 7.54. The summed E-state index contributed by atoms with van der Waals surface area (Å²) in [5.41, 5.74) is 6.92. The van der Waals surface area contributed by atoms with Crippen molar-refractivity contribution < 1.29 is 4.74 Å². The molecular formula is C14H23NO. The van der Waals surface area contributed by atoms with Crippen molar-refractivity contribution in [1.82, 2.24) is 0 Å². The Labute approximate surface area is 98.8 Å². The third-order valence-electron chi connectivity index (χ3n) is 2.57. The number of ether oxygens (including phenoxy) is 1. The molecule has 0 unspecified atom stereocenters. The Morgan fingerprint density at radius 1 is 1.19 bits per heavy atom. The molecule has 2 nitrogen and oxygen atoms in total. The minimum Gasteiger partial charge on any atom is -0.494 e. The van der Waals surface area contributed by atoms with E-state index in [2.05, 4.69) is 39.0 Å². The molecule has 16 heavy (non-hydrogen) atoms. The fraction of sp³-hybridized carbons (Fsp3) is 0.571. The first kappa shape index (κ1) is 13.0. The molecule has 0 heterocycles. The van der Waals surface area contributed by atoms with Gasteiger partial charge in [0.2, 0.25) is 0 Å². The monoisotopic (exact) mass is 221 g/mol. The van der Waals surface area contributed by atoms with E-state index in [0.717, 1.165) is 31.7 Å².